The van der Waals surface area contributed by atoms with Gasteiger partial charge in [0.15, 0.2) is 12.4 Å². The van der Waals surface area contributed by atoms with Crippen LogP contribution in [0.3, 0.4) is 0 Å². The van der Waals surface area contributed by atoms with E-state index in [1.807, 2.05) is 32.0 Å². The molecule has 0 radical (unpaired) electrons. The fourth-order valence-corrected chi connectivity index (χ4v) is 2.46. The minimum Gasteiger partial charge on any atom is -0.496 e. The van der Waals surface area contributed by atoms with Crippen molar-refractivity contribution in [2.24, 2.45) is 0 Å². The molecular formula is C19H21N3O6. The summed E-state index contributed by atoms with van der Waals surface area (Å²) in [6.07, 6.45) is 0. The fraction of sp³-hybridized carbons (Fsp3) is 0.263. The molecule has 0 saturated carbocycles. The van der Waals surface area contributed by atoms with Crippen molar-refractivity contribution in [2.45, 2.75) is 13.8 Å². The Morgan fingerprint density at radius 2 is 1.79 bits per heavy atom. The molecule has 2 aromatic rings. The Labute approximate surface area is 161 Å². The lowest BCUT2D eigenvalue weighted by Gasteiger charge is -2.12. The molecule has 28 heavy (non-hydrogen) atoms. The number of nitrogens with one attached hydrogen (secondary N) is 2. The van der Waals surface area contributed by atoms with Crippen LogP contribution >= 0.6 is 0 Å². The molecule has 2 aromatic carbocycles. The Morgan fingerprint density at radius 3 is 2.39 bits per heavy atom. The zero-order chi connectivity index (χ0) is 20.7. The van der Waals surface area contributed by atoms with Crippen molar-refractivity contribution in [3.63, 3.8) is 0 Å². The molecule has 9 heteroatoms. The third kappa shape index (κ3) is 5.44. The molecule has 0 unspecified atom stereocenters. The number of nitro benzene ring substituents is 1. The Balaban J connectivity index is 1.88. The fourth-order valence-electron chi connectivity index (χ4n) is 2.46. The second kappa shape index (κ2) is 9.36. The lowest BCUT2D eigenvalue weighted by atomic mass is 10.1. The summed E-state index contributed by atoms with van der Waals surface area (Å²) >= 11 is 0. The van der Waals surface area contributed by atoms with Gasteiger partial charge >= 0.3 is 5.69 Å². The Kier molecular flexibility index (Phi) is 6.91. The highest BCUT2D eigenvalue weighted by Crippen LogP contribution is 2.30. The molecule has 2 rings (SSSR count). The molecule has 9 nitrogen and oxygen atoms in total. The number of rotatable bonds is 8. The maximum atomic E-state index is 12.0. The summed E-state index contributed by atoms with van der Waals surface area (Å²) in [5.41, 5.74) is 2.21. The van der Waals surface area contributed by atoms with E-state index < -0.39 is 17.4 Å². The molecule has 0 bridgehead atoms. The summed E-state index contributed by atoms with van der Waals surface area (Å²) in [7, 11) is 1.39. The van der Waals surface area contributed by atoms with Gasteiger partial charge in [-0.2, -0.15) is 0 Å². The number of anilines is 1. The van der Waals surface area contributed by atoms with E-state index in [1.54, 1.807) is 0 Å². The van der Waals surface area contributed by atoms with Crippen molar-refractivity contribution in [2.75, 3.05) is 25.6 Å². The first kappa shape index (κ1) is 20.7. The maximum Gasteiger partial charge on any atom is 0.314 e. The van der Waals surface area contributed by atoms with E-state index in [4.69, 9.17) is 9.47 Å². The topological polar surface area (TPSA) is 120 Å². The summed E-state index contributed by atoms with van der Waals surface area (Å²) in [5.74, 6) is -0.740. The Bertz CT molecular complexity index is 877. The van der Waals surface area contributed by atoms with E-state index in [2.05, 4.69) is 10.6 Å². The van der Waals surface area contributed by atoms with Gasteiger partial charge in [0.2, 0.25) is 5.91 Å². The quantitative estimate of drug-likeness (QED) is 0.530. The number of ether oxygens (including phenoxy) is 2. The zero-order valence-electron chi connectivity index (χ0n) is 15.8. The molecule has 0 atom stereocenters. The molecule has 0 fully saturated rings. The van der Waals surface area contributed by atoms with Crippen molar-refractivity contribution in [3.05, 3.63) is 57.6 Å². The van der Waals surface area contributed by atoms with Gasteiger partial charge in [0.1, 0.15) is 5.75 Å². The number of methoxy groups -OCH3 is 1. The number of hydrogen-bond acceptors (Lipinski definition) is 6. The van der Waals surface area contributed by atoms with Crippen molar-refractivity contribution >= 4 is 23.2 Å². The number of carbonyl (C=O) groups excluding carboxylic acids is 2. The molecule has 0 spiro atoms. The minimum atomic E-state index is -0.631. The first-order valence-electron chi connectivity index (χ1n) is 8.39. The van der Waals surface area contributed by atoms with Gasteiger partial charge < -0.3 is 20.1 Å². The van der Waals surface area contributed by atoms with Gasteiger partial charge in [-0.25, -0.2) is 0 Å². The number of carbonyl (C=O) groups is 2. The summed E-state index contributed by atoms with van der Waals surface area (Å²) in [6.45, 7) is 3.03. The number of amides is 2. The third-order valence-corrected chi connectivity index (χ3v) is 3.91. The second-order valence-corrected chi connectivity index (χ2v) is 5.97. The monoisotopic (exact) mass is 387 g/mol. The van der Waals surface area contributed by atoms with Crippen LogP contribution < -0.4 is 20.1 Å². The number of hydrogen-bond donors (Lipinski definition) is 2. The van der Waals surface area contributed by atoms with Crippen LogP contribution in [-0.2, 0) is 9.59 Å². The normalized spacial score (nSPS) is 10.1. The number of aryl methyl sites for hydroxylation is 2. The predicted molar refractivity (Wildman–Crippen MR) is 103 cm³/mol. The van der Waals surface area contributed by atoms with Crippen LogP contribution in [0.4, 0.5) is 11.4 Å². The largest absolute Gasteiger partial charge is 0.496 e. The van der Waals surface area contributed by atoms with Gasteiger partial charge in [-0.3, -0.25) is 19.7 Å². The van der Waals surface area contributed by atoms with Gasteiger partial charge in [-0.1, -0.05) is 18.2 Å². The van der Waals surface area contributed by atoms with Crippen LogP contribution in [0.1, 0.15) is 11.1 Å². The summed E-state index contributed by atoms with van der Waals surface area (Å²) in [6, 6.07) is 9.66. The lowest BCUT2D eigenvalue weighted by molar-refractivity contribution is -0.385. The van der Waals surface area contributed by atoms with Crippen molar-refractivity contribution < 1.29 is 24.0 Å². The molecule has 2 N–H and O–H groups in total. The number of benzene rings is 2. The molecule has 0 saturated heterocycles. The van der Waals surface area contributed by atoms with Gasteiger partial charge in [-0.15, -0.1) is 0 Å². The molecular weight excluding hydrogens is 366 g/mol. The van der Waals surface area contributed by atoms with E-state index in [0.717, 1.165) is 11.1 Å². The summed E-state index contributed by atoms with van der Waals surface area (Å²) in [5, 5.41) is 16.3. The minimum absolute atomic E-state index is 0.0686. The molecule has 148 valence electrons. The standard InChI is InChI=1S/C19H21N3O6/c1-12-5-4-6-13(2)19(12)21-17(23)10-20-18(24)11-28-16-8-7-14(27-3)9-15(16)22(25)26/h4-9H,10-11H2,1-3H3,(H,20,24)(H,21,23). The van der Waals surface area contributed by atoms with Crippen LogP contribution in [0.2, 0.25) is 0 Å². The molecule has 2 amide bonds. The molecule has 0 aliphatic carbocycles. The predicted octanol–water partition coefficient (Wildman–Crippen LogP) is 2.35. The van der Waals surface area contributed by atoms with E-state index >= 15 is 0 Å². The SMILES string of the molecule is COc1ccc(OCC(=O)NCC(=O)Nc2c(C)cccc2C)c([N+](=O)[O-])c1. The Hall–Kier alpha value is -3.62. The van der Waals surface area contributed by atoms with Crippen molar-refractivity contribution in [3.8, 4) is 11.5 Å². The number of nitrogens with zero attached hydrogens (tertiary/aromatic N) is 1. The first-order valence-corrected chi connectivity index (χ1v) is 8.39. The zero-order valence-corrected chi connectivity index (χ0v) is 15.8. The number of nitro groups is 1. The Morgan fingerprint density at radius 1 is 1.11 bits per heavy atom. The molecule has 0 aliphatic heterocycles. The van der Waals surface area contributed by atoms with Crippen LogP contribution in [0.15, 0.2) is 36.4 Å². The smallest absolute Gasteiger partial charge is 0.314 e. The van der Waals surface area contributed by atoms with Gasteiger partial charge in [-0.05, 0) is 37.1 Å². The average Bonchev–Trinajstić information content (AvgIpc) is 2.67. The van der Waals surface area contributed by atoms with Crippen LogP contribution in [0, 0.1) is 24.0 Å². The van der Waals surface area contributed by atoms with Gasteiger partial charge in [0.05, 0.1) is 24.6 Å². The van der Waals surface area contributed by atoms with Crippen LogP contribution in [0.25, 0.3) is 0 Å². The van der Waals surface area contributed by atoms with E-state index in [9.17, 15) is 19.7 Å². The maximum absolute atomic E-state index is 12.0. The third-order valence-electron chi connectivity index (χ3n) is 3.91. The molecule has 0 aromatic heterocycles. The highest BCUT2D eigenvalue weighted by atomic mass is 16.6. The van der Waals surface area contributed by atoms with E-state index in [-0.39, 0.29) is 23.9 Å². The summed E-state index contributed by atoms with van der Waals surface area (Å²) in [4.78, 5) is 34.4. The lowest BCUT2D eigenvalue weighted by Crippen LogP contribution is -2.36. The average molecular weight is 387 g/mol. The van der Waals surface area contributed by atoms with Crippen molar-refractivity contribution in [1.29, 1.82) is 0 Å². The second-order valence-electron chi connectivity index (χ2n) is 5.97. The van der Waals surface area contributed by atoms with E-state index in [0.29, 0.717) is 11.4 Å². The van der Waals surface area contributed by atoms with Gasteiger partial charge in [0.25, 0.3) is 5.91 Å². The first-order chi connectivity index (χ1) is 13.3. The number of para-hydroxylation sites is 1. The highest BCUT2D eigenvalue weighted by molar-refractivity contribution is 5.95. The highest BCUT2D eigenvalue weighted by Gasteiger charge is 2.18. The summed E-state index contributed by atoms with van der Waals surface area (Å²) < 4.78 is 10.1. The van der Waals surface area contributed by atoms with Crippen LogP contribution in [-0.4, -0.2) is 37.0 Å². The molecule has 0 heterocycles. The van der Waals surface area contributed by atoms with Crippen LogP contribution in [0.5, 0.6) is 11.5 Å². The van der Waals surface area contributed by atoms with E-state index in [1.165, 1.54) is 25.3 Å². The van der Waals surface area contributed by atoms with Crippen molar-refractivity contribution in [1.82, 2.24) is 5.32 Å². The molecule has 0 aliphatic rings. The van der Waals surface area contributed by atoms with Gasteiger partial charge in [0, 0.05) is 5.69 Å².